The molecule has 9 heteroatoms. The quantitative estimate of drug-likeness (QED) is 0.358. The molecule has 3 aromatic rings. The topological polar surface area (TPSA) is 42.0 Å². The summed E-state index contributed by atoms with van der Waals surface area (Å²) >= 11 is 0. The van der Waals surface area contributed by atoms with Crippen LogP contribution >= 0.6 is 0 Å². The predicted molar refractivity (Wildman–Crippen MR) is 148 cm³/mol. The fourth-order valence-corrected chi connectivity index (χ4v) is 10.5. The molecule has 2 saturated heterocycles. The lowest BCUT2D eigenvalue weighted by Gasteiger charge is -2.44. The van der Waals surface area contributed by atoms with E-state index >= 15 is 0 Å². The Bertz CT molecular complexity index is 1240. The van der Waals surface area contributed by atoms with Gasteiger partial charge in [-0.1, -0.05) is 81.4 Å². The molecule has 5 nitrogen and oxygen atoms in total. The molecule has 2 amide bonds. The van der Waals surface area contributed by atoms with Crippen LogP contribution in [0.5, 0.6) is 5.75 Å². The van der Waals surface area contributed by atoms with E-state index in [1.807, 2.05) is 17.0 Å². The van der Waals surface area contributed by atoms with Crippen LogP contribution in [-0.2, 0) is 4.43 Å². The zero-order valence-corrected chi connectivity index (χ0v) is 23.3. The minimum Gasteiger partial charge on any atom is -0.484 e. The van der Waals surface area contributed by atoms with E-state index in [0.29, 0.717) is 18.8 Å². The van der Waals surface area contributed by atoms with Crippen LogP contribution < -0.4 is 20.0 Å². The molecule has 39 heavy (non-hydrogen) atoms. The fraction of sp³-hybridized carbons (Fsp3) is 0.367. The number of hydrogen-bond donors (Lipinski definition) is 0. The van der Waals surface area contributed by atoms with Crippen LogP contribution in [0.25, 0.3) is 0 Å². The number of carbonyl (C=O) groups is 1. The van der Waals surface area contributed by atoms with Crippen molar-refractivity contribution in [1.29, 1.82) is 0 Å². The molecule has 2 aliphatic heterocycles. The molecule has 2 fully saturated rings. The second-order valence-corrected chi connectivity index (χ2v) is 15.5. The van der Waals surface area contributed by atoms with Crippen molar-refractivity contribution in [2.45, 2.75) is 50.6 Å². The smallest absolute Gasteiger partial charge is 0.422 e. The normalized spacial score (nSPS) is 19.9. The van der Waals surface area contributed by atoms with Gasteiger partial charge in [0.2, 0.25) is 0 Å². The first kappa shape index (κ1) is 27.3. The highest BCUT2D eigenvalue weighted by molar-refractivity contribution is 6.99. The summed E-state index contributed by atoms with van der Waals surface area (Å²) in [5, 5.41) is 2.25. The molecule has 0 aliphatic carbocycles. The van der Waals surface area contributed by atoms with Crippen LogP contribution in [0.3, 0.4) is 0 Å². The molecule has 2 atom stereocenters. The van der Waals surface area contributed by atoms with Gasteiger partial charge >= 0.3 is 12.2 Å². The van der Waals surface area contributed by atoms with Crippen molar-refractivity contribution in [1.82, 2.24) is 4.90 Å². The molecular weight excluding hydrogens is 521 g/mol. The molecule has 0 saturated carbocycles. The van der Waals surface area contributed by atoms with Crippen molar-refractivity contribution in [2.75, 3.05) is 24.6 Å². The third-order valence-electron chi connectivity index (χ3n) is 7.56. The predicted octanol–water partition coefficient (Wildman–Crippen LogP) is 5.59. The number of ether oxygens (including phenoxy) is 1. The second kappa shape index (κ2) is 10.4. The van der Waals surface area contributed by atoms with E-state index in [-0.39, 0.29) is 29.0 Å². The monoisotopic (exact) mass is 554 g/mol. The first-order valence-electron chi connectivity index (χ1n) is 13.1. The van der Waals surface area contributed by atoms with E-state index in [4.69, 9.17) is 9.16 Å². The molecule has 2 heterocycles. The molecule has 3 aromatic carbocycles. The number of amides is 2. The molecule has 0 spiro atoms. The van der Waals surface area contributed by atoms with Gasteiger partial charge in [-0.3, -0.25) is 4.90 Å². The van der Waals surface area contributed by atoms with E-state index in [1.54, 1.807) is 17.0 Å². The summed E-state index contributed by atoms with van der Waals surface area (Å²) in [4.78, 5) is 17.0. The maximum Gasteiger partial charge on any atom is 0.422 e. The van der Waals surface area contributed by atoms with Gasteiger partial charge in [-0.25, -0.2) is 4.79 Å². The minimum absolute atomic E-state index is 0.00173. The van der Waals surface area contributed by atoms with Crippen molar-refractivity contribution in [3.8, 4) is 5.75 Å². The number of benzene rings is 3. The Kier molecular flexibility index (Phi) is 7.24. The lowest BCUT2D eigenvalue weighted by molar-refractivity contribution is -0.153. The maximum absolute atomic E-state index is 13.4. The van der Waals surface area contributed by atoms with Crippen LogP contribution in [0.4, 0.5) is 23.7 Å². The molecule has 0 N–H and O–H groups in total. The summed E-state index contributed by atoms with van der Waals surface area (Å²) in [5.41, 5.74) is 0.637. The Hall–Kier alpha value is -3.30. The highest BCUT2D eigenvalue weighted by Gasteiger charge is 2.54. The Labute approximate surface area is 228 Å². The number of hydrogen-bond acceptors (Lipinski definition) is 3. The van der Waals surface area contributed by atoms with Gasteiger partial charge in [-0.15, -0.1) is 0 Å². The number of anilines is 1. The highest BCUT2D eigenvalue weighted by atomic mass is 28.4. The number of nitrogens with zero attached hydrogens (tertiary/aromatic N) is 2. The standard InChI is InChI=1S/C30H33F3N2O3Si/c1-29(2,3)39(26-10-6-4-7-11-26,27-12-8-5-9-13-27)38-25-18-23-19-34(28(36)35(23)20-25)22-14-16-24(17-15-22)37-21-30(31,32)33/h4-17,23,25H,18-21H2,1-3H3/t23-,25+/m1/s1. The highest BCUT2D eigenvalue weighted by Crippen LogP contribution is 2.40. The maximum atomic E-state index is 13.4. The van der Waals surface area contributed by atoms with Crippen LogP contribution in [0, 0.1) is 0 Å². The summed E-state index contributed by atoms with van der Waals surface area (Å²) in [5.74, 6) is 0.113. The Morgan fingerprint density at radius 3 is 1.90 bits per heavy atom. The van der Waals surface area contributed by atoms with Crippen molar-refractivity contribution in [3.05, 3.63) is 84.9 Å². The third-order valence-corrected chi connectivity index (χ3v) is 12.6. The third kappa shape index (κ3) is 5.42. The molecule has 2 aliphatic rings. The molecular formula is C30H33F3N2O3Si. The zero-order chi connectivity index (χ0) is 27.8. The van der Waals surface area contributed by atoms with E-state index in [0.717, 1.165) is 6.42 Å². The number of urea groups is 1. The first-order chi connectivity index (χ1) is 18.5. The number of rotatable bonds is 7. The van der Waals surface area contributed by atoms with Gasteiger partial charge < -0.3 is 14.1 Å². The zero-order valence-electron chi connectivity index (χ0n) is 22.3. The summed E-state index contributed by atoms with van der Waals surface area (Å²) in [7, 11) is -2.74. The Balaban J connectivity index is 1.34. The molecule has 0 unspecified atom stereocenters. The van der Waals surface area contributed by atoms with Gasteiger partial charge in [0.05, 0.1) is 12.1 Å². The second-order valence-electron chi connectivity index (χ2n) is 11.2. The fourth-order valence-electron chi connectivity index (χ4n) is 5.85. The number of carbonyl (C=O) groups excluding carboxylic acids is 1. The summed E-state index contributed by atoms with van der Waals surface area (Å²) in [6, 6.07) is 27.0. The largest absolute Gasteiger partial charge is 0.484 e. The van der Waals surface area contributed by atoms with Crippen molar-refractivity contribution in [3.63, 3.8) is 0 Å². The molecule has 5 rings (SSSR count). The van der Waals surface area contributed by atoms with Crippen molar-refractivity contribution in [2.24, 2.45) is 0 Å². The lowest BCUT2D eigenvalue weighted by atomic mass is 10.2. The molecule has 206 valence electrons. The van der Waals surface area contributed by atoms with Crippen LogP contribution in [0.1, 0.15) is 27.2 Å². The van der Waals surface area contributed by atoms with Crippen LogP contribution in [-0.4, -0.2) is 57.3 Å². The number of alkyl halides is 3. The Morgan fingerprint density at radius 2 is 1.41 bits per heavy atom. The Morgan fingerprint density at radius 1 is 0.846 bits per heavy atom. The molecule has 0 bridgehead atoms. The van der Waals surface area contributed by atoms with Gasteiger partial charge in [0, 0.05) is 18.8 Å². The minimum atomic E-state index is -4.40. The van der Waals surface area contributed by atoms with Crippen LogP contribution in [0.2, 0.25) is 5.04 Å². The lowest BCUT2D eigenvalue weighted by Crippen LogP contribution is -2.68. The van der Waals surface area contributed by atoms with E-state index < -0.39 is 21.1 Å². The van der Waals surface area contributed by atoms with Gasteiger partial charge in [0.1, 0.15) is 5.75 Å². The average Bonchev–Trinajstić information content (AvgIpc) is 3.44. The molecule has 0 radical (unpaired) electrons. The average molecular weight is 555 g/mol. The van der Waals surface area contributed by atoms with Crippen molar-refractivity contribution >= 4 is 30.4 Å². The van der Waals surface area contributed by atoms with Crippen LogP contribution in [0.15, 0.2) is 84.9 Å². The van der Waals surface area contributed by atoms with E-state index in [1.165, 1.54) is 22.5 Å². The van der Waals surface area contributed by atoms with Gasteiger partial charge in [0.25, 0.3) is 8.32 Å². The summed E-state index contributed by atoms with van der Waals surface area (Å²) in [6.07, 6.45) is -3.79. The van der Waals surface area contributed by atoms with Crippen molar-refractivity contribution < 1.29 is 27.1 Å². The number of halogens is 3. The van der Waals surface area contributed by atoms with Gasteiger partial charge in [-0.2, -0.15) is 13.2 Å². The van der Waals surface area contributed by atoms with E-state index in [2.05, 4.69) is 69.3 Å². The molecule has 0 aromatic heterocycles. The first-order valence-corrected chi connectivity index (χ1v) is 15.1. The van der Waals surface area contributed by atoms with Gasteiger partial charge in [-0.05, 0) is 46.1 Å². The van der Waals surface area contributed by atoms with Gasteiger partial charge in [0.15, 0.2) is 6.61 Å². The SMILES string of the molecule is CC(C)(C)[Si](O[C@H]1C[C@@H]2CN(c3ccc(OCC(F)(F)F)cc3)C(=O)N2C1)(c1ccccc1)c1ccccc1. The summed E-state index contributed by atoms with van der Waals surface area (Å²) in [6.45, 7) is 6.37. The number of fused-ring (bicyclic) bond motifs is 1. The van der Waals surface area contributed by atoms with E-state index in [9.17, 15) is 18.0 Å². The summed E-state index contributed by atoms with van der Waals surface area (Å²) < 4.78 is 49.4.